The zero-order valence-corrected chi connectivity index (χ0v) is 16.5. The molecule has 1 aromatic carbocycles. The number of piperidine rings is 1. The van der Waals surface area contributed by atoms with Crippen LogP contribution in [0.3, 0.4) is 0 Å². The molecule has 4 heterocycles. The van der Waals surface area contributed by atoms with Crippen LogP contribution in [-0.2, 0) is 0 Å². The van der Waals surface area contributed by atoms with Crippen molar-refractivity contribution < 1.29 is 0 Å². The summed E-state index contributed by atoms with van der Waals surface area (Å²) in [5.74, 6) is 1.01. The SMILES string of the molecule is O=c1ccn(C2CCN(c3ccccn3)CC2)nc1-c1ccnn1-c1ccccc1. The quantitative estimate of drug-likeness (QED) is 0.527. The van der Waals surface area contributed by atoms with E-state index in [0.717, 1.165) is 37.4 Å². The van der Waals surface area contributed by atoms with Crippen molar-refractivity contribution in [2.24, 2.45) is 0 Å². The molecule has 0 atom stereocenters. The molecular formula is C23H22N6O. The highest BCUT2D eigenvalue weighted by Gasteiger charge is 2.22. The topological polar surface area (TPSA) is 68.8 Å². The van der Waals surface area contributed by atoms with Gasteiger partial charge in [-0.15, -0.1) is 0 Å². The van der Waals surface area contributed by atoms with Gasteiger partial charge in [-0.1, -0.05) is 24.3 Å². The second kappa shape index (κ2) is 7.94. The molecule has 0 N–H and O–H groups in total. The minimum absolute atomic E-state index is 0.102. The van der Waals surface area contributed by atoms with Gasteiger partial charge < -0.3 is 4.90 Å². The van der Waals surface area contributed by atoms with Crippen molar-refractivity contribution in [3.63, 3.8) is 0 Å². The Bertz CT molecular complexity index is 1180. The van der Waals surface area contributed by atoms with Crippen molar-refractivity contribution in [3.05, 3.63) is 89.5 Å². The molecule has 0 radical (unpaired) electrons. The molecule has 0 unspecified atom stereocenters. The Morgan fingerprint density at radius 2 is 1.67 bits per heavy atom. The lowest BCUT2D eigenvalue weighted by Gasteiger charge is -2.33. The van der Waals surface area contributed by atoms with Gasteiger partial charge in [0.25, 0.3) is 0 Å². The van der Waals surface area contributed by atoms with Crippen molar-refractivity contribution >= 4 is 5.82 Å². The van der Waals surface area contributed by atoms with Gasteiger partial charge >= 0.3 is 0 Å². The van der Waals surface area contributed by atoms with Gasteiger partial charge in [0.15, 0.2) is 5.69 Å². The molecule has 0 amide bonds. The fourth-order valence-electron chi connectivity index (χ4n) is 3.96. The first-order chi connectivity index (χ1) is 14.8. The predicted molar refractivity (Wildman–Crippen MR) is 116 cm³/mol. The van der Waals surface area contributed by atoms with Crippen LogP contribution in [-0.4, -0.2) is 37.6 Å². The van der Waals surface area contributed by atoms with E-state index in [-0.39, 0.29) is 11.5 Å². The summed E-state index contributed by atoms with van der Waals surface area (Å²) in [6, 6.07) is 19.5. The Hall–Kier alpha value is -3.74. The molecule has 1 aliphatic heterocycles. The van der Waals surface area contributed by atoms with Crippen LogP contribution in [0.15, 0.2) is 84.0 Å². The van der Waals surface area contributed by atoms with E-state index in [2.05, 4.69) is 15.0 Å². The number of pyridine rings is 1. The van der Waals surface area contributed by atoms with Crippen LogP contribution in [0.1, 0.15) is 18.9 Å². The van der Waals surface area contributed by atoms with E-state index in [1.165, 1.54) is 0 Å². The lowest BCUT2D eigenvalue weighted by molar-refractivity contribution is 0.361. The second-order valence-electron chi connectivity index (χ2n) is 7.38. The number of aromatic nitrogens is 5. The monoisotopic (exact) mass is 398 g/mol. The first kappa shape index (κ1) is 18.3. The molecular weight excluding hydrogens is 376 g/mol. The lowest BCUT2D eigenvalue weighted by atomic mass is 10.1. The predicted octanol–water partition coefficient (Wildman–Crippen LogP) is 3.33. The van der Waals surface area contributed by atoms with Gasteiger partial charge in [-0.05, 0) is 43.2 Å². The Kier molecular flexibility index (Phi) is 4.85. The van der Waals surface area contributed by atoms with Crippen LogP contribution in [0.25, 0.3) is 17.1 Å². The second-order valence-corrected chi connectivity index (χ2v) is 7.38. The zero-order chi connectivity index (χ0) is 20.3. The summed E-state index contributed by atoms with van der Waals surface area (Å²) in [5, 5.41) is 9.14. The van der Waals surface area contributed by atoms with Crippen LogP contribution in [0.5, 0.6) is 0 Å². The van der Waals surface area contributed by atoms with Crippen molar-refractivity contribution in [1.29, 1.82) is 0 Å². The Labute approximate surface area is 174 Å². The van der Waals surface area contributed by atoms with Crippen molar-refractivity contribution in [1.82, 2.24) is 24.5 Å². The average Bonchev–Trinajstić information content (AvgIpc) is 3.30. The minimum atomic E-state index is -0.102. The molecule has 0 spiro atoms. The average molecular weight is 398 g/mol. The van der Waals surface area contributed by atoms with Gasteiger partial charge in [0.1, 0.15) is 5.82 Å². The summed E-state index contributed by atoms with van der Waals surface area (Å²) >= 11 is 0. The summed E-state index contributed by atoms with van der Waals surface area (Å²) in [6.07, 6.45) is 7.23. The standard InChI is InChI=1S/C23H22N6O/c30-21-12-17-28(18-10-15-27(16-11-18)22-8-4-5-13-24-22)26-23(21)20-9-14-25-29(20)19-6-2-1-3-7-19/h1-9,12-14,17-18H,10-11,15-16H2. The molecule has 0 saturated carbocycles. The summed E-state index contributed by atoms with van der Waals surface area (Å²) in [4.78, 5) is 19.4. The number of hydrogen-bond donors (Lipinski definition) is 0. The van der Waals surface area contributed by atoms with Gasteiger partial charge in [-0.3, -0.25) is 9.48 Å². The maximum absolute atomic E-state index is 12.6. The van der Waals surface area contributed by atoms with E-state index in [0.29, 0.717) is 11.4 Å². The van der Waals surface area contributed by atoms with Crippen molar-refractivity contribution in [2.75, 3.05) is 18.0 Å². The smallest absolute Gasteiger partial charge is 0.209 e. The fourth-order valence-corrected chi connectivity index (χ4v) is 3.96. The first-order valence-electron chi connectivity index (χ1n) is 10.1. The molecule has 30 heavy (non-hydrogen) atoms. The molecule has 150 valence electrons. The third-order valence-electron chi connectivity index (χ3n) is 5.53. The van der Waals surface area contributed by atoms with E-state index >= 15 is 0 Å². The first-order valence-corrected chi connectivity index (χ1v) is 10.1. The van der Waals surface area contributed by atoms with Crippen molar-refractivity contribution in [2.45, 2.75) is 18.9 Å². The maximum atomic E-state index is 12.6. The summed E-state index contributed by atoms with van der Waals surface area (Å²) in [7, 11) is 0. The maximum Gasteiger partial charge on any atom is 0.209 e. The Morgan fingerprint density at radius 1 is 0.867 bits per heavy atom. The number of benzene rings is 1. The van der Waals surface area contributed by atoms with Crippen LogP contribution in [0, 0.1) is 0 Å². The van der Waals surface area contributed by atoms with E-state index in [1.807, 2.05) is 65.5 Å². The molecule has 3 aromatic heterocycles. The molecule has 0 aliphatic carbocycles. The third-order valence-corrected chi connectivity index (χ3v) is 5.53. The summed E-state index contributed by atoms with van der Waals surface area (Å²) in [6.45, 7) is 1.82. The number of anilines is 1. The van der Waals surface area contributed by atoms with E-state index in [1.54, 1.807) is 23.1 Å². The van der Waals surface area contributed by atoms with Crippen LogP contribution >= 0.6 is 0 Å². The van der Waals surface area contributed by atoms with E-state index in [4.69, 9.17) is 5.10 Å². The number of hydrogen-bond acceptors (Lipinski definition) is 5. The van der Waals surface area contributed by atoms with E-state index in [9.17, 15) is 4.79 Å². The van der Waals surface area contributed by atoms with Gasteiger partial charge in [-0.25, -0.2) is 9.67 Å². The molecule has 1 fully saturated rings. The summed E-state index contributed by atoms with van der Waals surface area (Å²) in [5.41, 5.74) is 1.92. The van der Waals surface area contributed by atoms with E-state index < -0.39 is 0 Å². The van der Waals surface area contributed by atoms with Gasteiger partial charge in [-0.2, -0.15) is 10.2 Å². The van der Waals surface area contributed by atoms with Crippen LogP contribution in [0.2, 0.25) is 0 Å². The fraction of sp³-hybridized carbons (Fsp3) is 0.217. The van der Waals surface area contributed by atoms with Gasteiger partial charge in [0.05, 0.1) is 23.6 Å². The zero-order valence-electron chi connectivity index (χ0n) is 16.5. The number of nitrogens with zero attached hydrogens (tertiary/aromatic N) is 6. The molecule has 4 aromatic rings. The van der Waals surface area contributed by atoms with Gasteiger partial charge in [0.2, 0.25) is 5.43 Å². The third kappa shape index (κ3) is 3.50. The Balaban J connectivity index is 1.41. The molecule has 7 nitrogen and oxygen atoms in total. The van der Waals surface area contributed by atoms with Crippen LogP contribution in [0.4, 0.5) is 5.82 Å². The molecule has 1 aliphatic rings. The largest absolute Gasteiger partial charge is 0.356 e. The molecule has 5 rings (SSSR count). The summed E-state index contributed by atoms with van der Waals surface area (Å²) < 4.78 is 3.70. The number of para-hydroxylation sites is 1. The lowest BCUT2D eigenvalue weighted by Crippen LogP contribution is -2.36. The highest BCUT2D eigenvalue weighted by molar-refractivity contribution is 5.56. The molecule has 0 bridgehead atoms. The molecule has 1 saturated heterocycles. The van der Waals surface area contributed by atoms with Crippen molar-refractivity contribution in [3.8, 4) is 17.1 Å². The van der Waals surface area contributed by atoms with Gasteiger partial charge in [0, 0.05) is 31.5 Å². The Morgan fingerprint density at radius 3 is 2.43 bits per heavy atom. The normalized spacial score (nSPS) is 14.7. The highest BCUT2D eigenvalue weighted by atomic mass is 16.1. The highest BCUT2D eigenvalue weighted by Crippen LogP contribution is 2.25. The van der Waals surface area contributed by atoms with Crippen LogP contribution < -0.4 is 10.3 Å². The molecule has 7 heteroatoms. The number of rotatable bonds is 4. The minimum Gasteiger partial charge on any atom is -0.356 e.